The Labute approximate surface area is 304 Å². The molecule has 4 N–H and O–H groups in total. The zero-order valence-corrected chi connectivity index (χ0v) is 34.8. The first-order valence-electron chi connectivity index (χ1n) is 18.8. The summed E-state index contributed by atoms with van der Waals surface area (Å²) in [6.45, 7) is 22.7. The van der Waals surface area contributed by atoms with Crippen LogP contribution in [0, 0.1) is 11.8 Å². The Morgan fingerprint density at radius 1 is 0.560 bits per heavy atom. The summed E-state index contributed by atoms with van der Waals surface area (Å²) in [4.78, 5) is 25.6. The molecule has 0 radical (unpaired) electrons. The van der Waals surface area contributed by atoms with Crippen LogP contribution in [0.15, 0.2) is 0 Å². The summed E-state index contributed by atoms with van der Waals surface area (Å²) in [5.41, 5.74) is 0. The van der Waals surface area contributed by atoms with Crippen LogP contribution in [0.5, 0.6) is 0 Å². The molecule has 0 aromatic carbocycles. The minimum atomic E-state index is -2.84. The predicted octanol–water partition coefficient (Wildman–Crippen LogP) is 5.65. The van der Waals surface area contributed by atoms with Crippen molar-refractivity contribution < 1.29 is 55.8 Å². The molecule has 2 amide bonds. The van der Waals surface area contributed by atoms with Gasteiger partial charge in [0.15, 0.2) is 0 Å². The Morgan fingerprint density at radius 3 is 1.26 bits per heavy atom. The number of carbonyl (C=O) groups excluding carboxylic acids is 2. The summed E-state index contributed by atoms with van der Waals surface area (Å²) in [5.74, 6) is 0.155. The number of hydrogen-bond donors (Lipinski definition) is 4. The smallest absolute Gasteiger partial charge is 0.446 e. The molecule has 0 aromatic rings. The van der Waals surface area contributed by atoms with Gasteiger partial charge in [0.05, 0.1) is 12.2 Å². The maximum atomic E-state index is 12.8. The molecular formula is C34H72N2O12Si2. The third kappa shape index (κ3) is 21.9. The van der Waals surface area contributed by atoms with E-state index in [0.717, 1.165) is 0 Å². The second-order valence-electron chi connectivity index (χ2n) is 12.9. The van der Waals surface area contributed by atoms with Gasteiger partial charge in [-0.15, -0.1) is 0 Å². The SMILES string of the molecule is CCO[Si](CCCNC(=O)OC(CC(O)CC(C)C)CC(O)CC(OC(=O)NCCC[Si](OCC)(OCC)OCC)C(C)C)(OCC)OCC. The van der Waals surface area contributed by atoms with Crippen molar-refractivity contribution in [3.8, 4) is 0 Å². The summed E-state index contributed by atoms with van der Waals surface area (Å²) in [6.07, 6.45) is -2.18. The van der Waals surface area contributed by atoms with Crippen LogP contribution < -0.4 is 10.6 Å². The Bertz CT molecular complexity index is 840. The third-order valence-corrected chi connectivity index (χ3v) is 13.9. The standard InChI is InChI=1S/C34H72N2O12Si2/c1-11-41-49(42-12-2,43-13-3)21-17-19-35-33(39)47-31(24-29(37)23-27(7)8)25-30(38)26-32(28(9)10)48-34(40)36-20-18-22-50(44-14-4,45-15-5)46-16-6/h27-32,37-38H,11-26H2,1-10H3,(H,35,39)(H,36,40). The first kappa shape index (κ1) is 48.7. The van der Waals surface area contributed by atoms with Crippen LogP contribution in [-0.4, -0.2) is 117 Å². The Hall–Kier alpha value is -1.35. The number of amides is 2. The minimum absolute atomic E-state index is 0.0742. The molecule has 16 heteroatoms. The van der Waals surface area contributed by atoms with Gasteiger partial charge in [0, 0.05) is 84.1 Å². The fourth-order valence-electron chi connectivity index (χ4n) is 5.63. The molecule has 4 unspecified atom stereocenters. The van der Waals surface area contributed by atoms with Gasteiger partial charge >= 0.3 is 29.8 Å². The summed E-state index contributed by atoms with van der Waals surface area (Å²) in [6, 6.07) is 1.10. The van der Waals surface area contributed by atoms with Crippen LogP contribution in [-0.2, 0) is 36.0 Å². The fraction of sp³-hybridized carbons (Fsp3) is 0.941. The number of aliphatic hydroxyl groups excluding tert-OH is 2. The first-order chi connectivity index (χ1) is 23.7. The second kappa shape index (κ2) is 28.2. The Morgan fingerprint density at radius 2 is 0.920 bits per heavy atom. The number of hydrogen-bond acceptors (Lipinski definition) is 12. The van der Waals surface area contributed by atoms with Crippen LogP contribution in [0.4, 0.5) is 9.59 Å². The molecule has 0 bridgehead atoms. The van der Waals surface area contributed by atoms with Crippen LogP contribution in [0.1, 0.15) is 108 Å². The molecule has 0 saturated carbocycles. The maximum absolute atomic E-state index is 12.8. The normalized spacial score (nSPS) is 14.8. The van der Waals surface area contributed by atoms with Crippen LogP contribution in [0.2, 0.25) is 12.1 Å². The highest BCUT2D eigenvalue weighted by Gasteiger charge is 2.40. The van der Waals surface area contributed by atoms with Gasteiger partial charge in [0.1, 0.15) is 12.2 Å². The van der Waals surface area contributed by atoms with Crippen molar-refractivity contribution in [2.75, 3.05) is 52.7 Å². The van der Waals surface area contributed by atoms with E-state index in [-0.39, 0.29) is 31.1 Å². The second-order valence-corrected chi connectivity index (χ2v) is 18.3. The number of carbonyl (C=O) groups is 2. The van der Waals surface area contributed by atoms with Crippen molar-refractivity contribution in [3.05, 3.63) is 0 Å². The molecule has 14 nitrogen and oxygen atoms in total. The van der Waals surface area contributed by atoms with Crippen molar-refractivity contribution >= 4 is 29.8 Å². The third-order valence-electron chi connectivity index (χ3n) is 7.64. The molecule has 50 heavy (non-hydrogen) atoms. The molecule has 0 saturated heterocycles. The van der Waals surface area contributed by atoms with Crippen molar-refractivity contribution in [1.29, 1.82) is 0 Å². The van der Waals surface area contributed by atoms with Crippen molar-refractivity contribution in [1.82, 2.24) is 10.6 Å². The van der Waals surface area contributed by atoms with E-state index >= 15 is 0 Å². The van der Waals surface area contributed by atoms with E-state index in [9.17, 15) is 19.8 Å². The molecule has 0 fully saturated rings. The van der Waals surface area contributed by atoms with E-state index in [4.69, 9.17) is 36.0 Å². The maximum Gasteiger partial charge on any atom is 0.500 e. The van der Waals surface area contributed by atoms with Crippen LogP contribution >= 0.6 is 0 Å². The number of alkyl carbamates (subject to hydrolysis) is 2. The summed E-state index contributed by atoms with van der Waals surface area (Å²) in [5, 5.41) is 27.3. The zero-order valence-electron chi connectivity index (χ0n) is 32.8. The lowest BCUT2D eigenvalue weighted by Crippen LogP contribution is -2.46. The molecule has 0 heterocycles. The molecule has 0 aliphatic rings. The number of ether oxygens (including phenoxy) is 2. The van der Waals surface area contributed by atoms with E-state index < -0.39 is 54.2 Å². The van der Waals surface area contributed by atoms with E-state index in [1.807, 2.05) is 69.2 Å². The topological polar surface area (TPSA) is 172 Å². The molecule has 0 aliphatic carbocycles. The molecular weight excluding hydrogens is 685 g/mol. The number of nitrogens with one attached hydrogen (secondary N) is 2. The quantitative estimate of drug-likeness (QED) is 0.0507. The van der Waals surface area contributed by atoms with Gasteiger partial charge in [-0.05, 0) is 72.6 Å². The van der Waals surface area contributed by atoms with Gasteiger partial charge in [0.25, 0.3) is 0 Å². The monoisotopic (exact) mass is 756 g/mol. The number of rotatable bonds is 31. The van der Waals surface area contributed by atoms with Crippen LogP contribution in [0.3, 0.4) is 0 Å². The lowest BCUT2D eigenvalue weighted by atomic mass is 9.94. The average molecular weight is 757 g/mol. The Kier molecular flexibility index (Phi) is 27.4. The molecule has 0 aromatic heterocycles. The first-order valence-corrected chi connectivity index (χ1v) is 22.7. The molecule has 298 valence electrons. The van der Waals surface area contributed by atoms with Crippen molar-refractivity contribution in [3.63, 3.8) is 0 Å². The number of aliphatic hydroxyl groups is 2. The van der Waals surface area contributed by atoms with Gasteiger partial charge in [0.2, 0.25) is 0 Å². The van der Waals surface area contributed by atoms with Gasteiger partial charge < -0.3 is 56.9 Å². The lowest BCUT2D eigenvalue weighted by molar-refractivity contribution is -0.00658. The van der Waals surface area contributed by atoms with Crippen molar-refractivity contribution in [2.45, 2.75) is 144 Å². The molecule has 4 atom stereocenters. The highest BCUT2D eigenvalue weighted by molar-refractivity contribution is 6.61. The average Bonchev–Trinajstić information content (AvgIpc) is 3.01. The molecule has 0 rings (SSSR count). The molecule has 0 aliphatic heterocycles. The minimum Gasteiger partial charge on any atom is -0.446 e. The summed E-state index contributed by atoms with van der Waals surface area (Å²) in [7, 11) is -5.65. The predicted molar refractivity (Wildman–Crippen MR) is 197 cm³/mol. The molecule has 0 spiro atoms. The highest BCUT2D eigenvalue weighted by atomic mass is 28.4. The van der Waals surface area contributed by atoms with E-state index in [1.54, 1.807) is 0 Å². The van der Waals surface area contributed by atoms with Gasteiger partial charge in [-0.2, -0.15) is 0 Å². The fourth-order valence-corrected chi connectivity index (χ4v) is 10.9. The van der Waals surface area contributed by atoms with Crippen LogP contribution in [0.25, 0.3) is 0 Å². The zero-order chi connectivity index (χ0) is 38.0. The lowest BCUT2D eigenvalue weighted by Gasteiger charge is -2.29. The van der Waals surface area contributed by atoms with Gasteiger partial charge in [-0.25, -0.2) is 9.59 Å². The van der Waals surface area contributed by atoms with E-state index in [1.165, 1.54) is 0 Å². The highest BCUT2D eigenvalue weighted by Crippen LogP contribution is 2.22. The van der Waals surface area contributed by atoms with Gasteiger partial charge in [-0.1, -0.05) is 27.7 Å². The van der Waals surface area contributed by atoms with E-state index in [2.05, 4.69) is 10.6 Å². The summed E-state index contributed by atoms with van der Waals surface area (Å²) < 4.78 is 46.7. The van der Waals surface area contributed by atoms with Gasteiger partial charge in [-0.3, -0.25) is 0 Å². The Balaban J connectivity index is 5.22. The largest absolute Gasteiger partial charge is 0.500 e. The van der Waals surface area contributed by atoms with E-state index in [0.29, 0.717) is 84.1 Å². The summed E-state index contributed by atoms with van der Waals surface area (Å²) >= 11 is 0. The van der Waals surface area contributed by atoms with Crippen molar-refractivity contribution in [2.24, 2.45) is 11.8 Å².